The lowest BCUT2D eigenvalue weighted by atomic mass is 13.6. The Labute approximate surface area is 46.1 Å². The first kappa shape index (κ1) is 10.4. The zero-order chi connectivity index (χ0) is 5.21. The van der Waals surface area contributed by atoms with Gasteiger partial charge in [0, 0.05) is 0 Å². The highest BCUT2D eigenvalue weighted by molar-refractivity contribution is 7.46. The van der Waals surface area contributed by atoms with Crippen LogP contribution in [0.1, 0.15) is 0 Å². The average Bonchev–Trinajstić information content (AvgIpc) is 1.35. The molecule has 0 atom stereocenters. The van der Waals surface area contributed by atoms with E-state index in [1.54, 1.807) is 0 Å². The van der Waals surface area contributed by atoms with E-state index in [2.05, 4.69) is 10.5 Å². The smallest absolute Gasteiger partial charge is 0.302 e. The molecule has 0 saturated carbocycles. The number of nitrogens with two attached hydrogens (primary N) is 1. The number of halogens is 1. The van der Waals surface area contributed by atoms with Gasteiger partial charge in [-0.25, -0.2) is 15.1 Å². The number of hydrogen-bond acceptors (Lipinski definition) is 3. The molecule has 5 nitrogen and oxygen atoms in total. The van der Waals surface area contributed by atoms with Crippen molar-refractivity contribution < 1.29 is 19.0 Å². The van der Waals surface area contributed by atoms with Crippen LogP contribution in [-0.2, 0) is 9.19 Å². The van der Waals surface area contributed by atoms with Crippen LogP contribution in [0, 0.1) is 0 Å². The van der Waals surface area contributed by atoms with Gasteiger partial charge in [0.25, 0.3) is 0 Å². The van der Waals surface area contributed by atoms with E-state index in [1.165, 1.54) is 0 Å². The zero-order valence-corrected chi connectivity index (χ0v) is 4.85. The molecule has 0 aromatic rings. The Balaban J connectivity index is 0. The van der Waals surface area contributed by atoms with Gasteiger partial charge in [0.1, 0.15) is 0 Å². The summed E-state index contributed by atoms with van der Waals surface area (Å²) in [7, 11) is -4.37. The van der Waals surface area contributed by atoms with Crippen molar-refractivity contribution in [3.05, 3.63) is 0 Å². The molecule has 0 aromatic carbocycles. The topological polar surface area (TPSA) is 92.8 Å². The minimum atomic E-state index is -4.37. The third-order valence-electron chi connectivity index (χ3n) is 0.137. The van der Waals surface area contributed by atoms with E-state index in [-0.39, 0.29) is 12.4 Å². The molecular formula is H5ClNO4P. The van der Waals surface area contributed by atoms with E-state index in [1.807, 2.05) is 0 Å². The first-order chi connectivity index (χ1) is 2.56. The van der Waals surface area contributed by atoms with Crippen molar-refractivity contribution in [2.75, 3.05) is 0 Å². The first-order valence-electron chi connectivity index (χ1n) is 1.00. The molecule has 4 N–H and O–H groups in total. The minimum absolute atomic E-state index is 0. The molecular weight excluding hydrogens is 144 g/mol. The van der Waals surface area contributed by atoms with E-state index in [9.17, 15) is 4.57 Å². The molecule has 0 rings (SSSR count). The van der Waals surface area contributed by atoms with E-state index in [0.29, 0.717) is 0 Å². The number of hydrogen-bond donors (Lipinski definition) is 3. The van der Waals surface area contributed by atoms with Crippen molar-refractivity contribution in [3.8, 4) is 0 Å². The van der Waals surface area contributed by atoms with Crippen LogP contribution in [0.4, 0.5) is 0 Å². The van der Waals surface area contributed by atoms with Gasteiger partial charge in [-0.15, -0.1) is 12.4 Å². The molecule has 0 amide bonds. The summed E-state index contributed by atoms with van der Waals surface area (Å²) in [6, 6.07) is 0. The Morgan fingerprint density at radius 1 is 1.57 bits per heavy atom. The maximum absolute atomic E-state index is 9.35. The summed E-state index contributed by atoms with van der Waals surface area (Å²) in [6.07, 6.45) is 0. The molecule has 0 heterocycles. The van der Waals surface area contributed by atoms with Gasteiger partial charge in [0.15, 0.2) is 0 Å². The van der Waals surface area contributed by atoms with Crippen molar-refractivity contribution in [2.24, 2.45) is 5.90 Å². The standard InChI is InChI=1S/ClH.H4NO4P/c;1-5-6(2,3)4/h1H;1H2,(H2,2,3,4). The highest BCUT2D eigenvalue weighted by atomic mass is 35.5. The fraction of sp³-hybridized carbons (Fsp3) is 0. The SMILES string of the molecule is Cl.NOP(=O)(O)O. The third-order valence-corrected chi connectivity index (χ3v) is 0.412. The van der Waals surface area contributed by atoms with E-state index in [0.717, 1.165) is 0 Å². The van der Waals surface area contributed by atoms with Crippen molar-refractivity contribution in [1.82, 2.24) is 0 Å². The van der Waals surface area contributed by atoms with Crippen LogP contribution < -0.4 is 5.90 Å². The third kappa shape index (κ3) is 10.7. The second-order valence-electron chi connectivity index (χ2n) is 0.596. The van der Waals surface area contributed by atoms with Crippen LogP contribution in [0.3, 0.4) is 0 Å². The Bertz CT molecular complexity index is 75.8. The highest BCUT2D eigenvalue weighted by Gasteiger charge is 2.08. The van der Waals surface area contributed by atoms with Crippen LogP contribution in [0.25, 0.3) is 0 Å². The summed E-state index contributed by atoms with van der Waals surface area (Å²) >= 11 is 0. The molecule has 0 aliphatic carbocycles. The molecule has 46 valence electrons. The van der Waals surface area contributed by atoms with Gasteiger partial charge < -0.3 is 9.79 Å². The Morgan fingerprint density at radius 2 is 1.71 bits per heavy atom. The lowest BCUT2D eigenvalue weighted by molar-refractivity contribution is 0.201. The van der Waals surface area contributed by atoms with Crippen LogP contribution >= 0.6 is 20.2 Å². The molecule has 0 bridgehead atoms. The maximum Gasteiger partial charge on any atom is 0.485 e. The molecule has 7 heavy (non-hydrogen) atoms. The summed E-state index contributed by atoms with van der Waals surface area (Å²) in [6.45, 7) is 0. The van der Waals surface area contributed by atoms with Crippen molar-refractivity contribution >= 4 is 20.2 Å². The lowest BCUT2D eigenvalue weighted by Crippen LogP contribution is -1.93. The van der Waals surface area contributed by atoms with Crippen molar-refractivity contribution in [2.45, 2.75) is 0 Å². The van der Waals surface area contributed by atoms with Crippen molar-refractivity contribution in [3.63, 3.8) is 0 Å². The first-order valence-corrected chi connectivity index (χ1v) is 2.53. The van der Waals surface area contributed by atoms with E-state index >= 15 is 0 Å². The molecule has 0 aliphatic rings. The summed E-state index contributed by atoms with van der Waals surface area (Å²) in [4.78, 5) is 15.2. The molecule has 0 saturated heterocycles. The van der Waals surface area contributed by atoms with Crippen LogP contribution in [0.15, 0.2) is 0 Å². The van der Waals surface area contributed by atoms with Gasteiger partial charge in [0.05, 0.1) is 0 Å². The normalized spacial score (nSPS) is 10.1. The minimum Gasteiger partial charge on any atom is -0.302 e. The lowest BCUT2D eigenvalue weighted by Gasteiger charge is -1.92. The molecule has 0 aliphatic heterocycles. The monoisotopic (exact) mass is 149 g/mol. The van der Waals surface area contributed by atoms with E-state index < -0.39 is 7.82 Å². The molecule has 0 radical (unpaired) electrons. The number of phosphoric acid groups is 1. The van der Waals surface area contributed by atoms with Crippen LogP contribution in [0.2, 0.25) is 0 Å². The van der Waals surface area contributed by atoms with Gasteiger partial charge in [0.2, 0.25) is 0 Å². The fourth-order valence-corrected chi connectivity index (χ4v) is 0. The number of rotatable bonds is 1. The zero-order valence-electron chi connectivity index (χ0n) is 3.14. The molecule has 0 unspecified atom stereocenters. The second kappa shape index (κ2) is 3.37. The predicted octanol–water partition coefficient (Wildman–Crippen LogP) is -0.609. The van der Waals surface area contributed by atoms with Gasteiger partial charge in [-0.3, -0.25) is 0 Å². The fourth-order valence-electron chi connectivity index (χ4n) is 0. The molecule has 0 spiro atoms. The summed E-state index contributed by atoms with van der Waals surface area (Å²) in [5.41, 5.74) is 0. The average molecular weight is 149 g/mol. The predicted molar refractivity (Wildman–Crippen MR) is 24.6 cm³/mol. The summed E-state index contributed by atoms with van der Waals surface area (Å²) < 4.78 is 12.5. The van der Waals surface area contributed by atoms with Gasteiger partial charge in [-0.2, -0.15) is 0 Å². The second-order valence-corrected chi connectivity index (χ2v) is 1.79. The molecule has 0 fully saturated rings. The van der Waals surface area contributed by atoms with Crippen LogP contribution in [-0.4, -0.2) is 9.79 Å². The molecule has 0 aromatic heterocycles. The quantitative estimate of drug-likeness (QED) is 0.342. The maximum atomic E-state index is 9.35. The Hall–Kier alpha value is 0.360. The largest absolute Gasteiger partial charge is 0.485 e. The van der Waals surface area contributed by atoms with Crippen molar-refractivity contribution in [1.29, 1.82) is 0 Å². The van der Waals surface area contributed by atoms with Crippen LogP contribution in [0.5, 0.6) is 0 Å². The Morgan fingerprint density at radius 3 is 1.71 bits per heavy atom. The van der Waals surface area contributed by atoms with Gasteiger partial charge in [-0.1, -0.05) is 0 Å². The molecule has 7 heteroatoms. The van der Waals surface area contributed by atoms with Gasteiger partial charge in [-0.05, 0) is 0 Å². The Kier molecular flexibility index (Phi) is 4.99. The summed E-state index contributed by atoms with van der Waals surface area (Å²) in [5, 5.41) is 0. The summed E-state index contributed by atoms with van der Waals surface area (Å²) in [5.74, 6) is 4.04. The highest BCUT2D eigenvalue weighted by Crippen LogP contribution is 2.32. The van der Waals surface area contributed by atoms with Gasteiger partial charge >= 0.3 is 7.82 Å². The van der Waals surface area contributed by atoms with E-state index in [4.69, 9.17) is 9.79 Å².